The number of pyridine rings is 1. The van der Waals surface area contributed by atoms with Crippen LogP contribution in [0.25, 0.3) is 10.9 Å². The van der Waals surface area contributed by atoms with Crippen LogP contribution in [0.3, 0.4) is 0 Å². The van der Waals surface area contributed by atoms with Crippen LogP contribution in [0.15, 0.2) is 48.7 Å². The van der Waals surface area contributed by atoms with E-state index in [9.17, 15) is 4.79 Å². The highest BCUT2D eigenvalue weighted by Crippen LogP contribution is 2.32. The molecule has 5 rings (SSSR count). The minimum absolute atomic E-state index is 0.123. The molecule has 0 radical (unpaired) electrons. The van der Waals surface area contributed by atoms with Crippen molar-refractivity contribution in [3.05, 3.63) is 65.4 Å². The van der Waals surface area contributed by atoms with Crippen molar-refractivity contribution in [1.82, 2.24) is 9.88 Å². The predicted octanol–water partition coefficient (Wildman–Crippen LogP) is 5.57. The van der Waals surface area contributed by atoms with Gasteiger partial charge in [0.15, 0.2) is 0 Å². The molecule has 2 aromatic carbocycles. The Morgan fingerprint density at radius 2 is 1.91 bits per heavy atom. The number of aryl methyl sites for hydroxylation is 1. The van der Waals surface area contributed by atoms with Crippen LogP contribution in [0.5, 0.6) is 5.75 Å². The summed E-state index contributed by atoms with van der Waals surface area (Å²) in [6.07, 6.45) is 8.36. The molecule has 3 aromatic rings. The lowest BCUT2D eigenvalue weighted by molar-refractivity contribution is 0.102. The molecule has 1 amide bonds. The maximum Gasteiger partial charge on any atom is 0.255 e. The van der Waals surface area contributed by atoms with E-state index in [0.29, 0.717) is 5.56 Å². The second kappa shape index (κ2) is 9.29. The summed E-state index contributed by atoms with van der Waals surface area (Å²) in [5, 5.41) is 4.17. The van der Waals surface area contributed by atoms with Crippen molar-refractivity contribution < 1.29 is 9.53 Å². The van der Waals surface area contributed by atoms with Crippen LogP contribution in [0.2, 0.25) is 0 Å². The van der Waals surface area contributed by atoms with Gasteiger partial charge in [-0.15, -0.1) is 0 Å². The van der Waals surface area contributed by atoms with Crippen molar-refractivity contribution in [2.45, 2.75) is 45.6 Å². The number of nitrogens with zero attached hydrogens (tertiary/aromatic N) is 2. The Kier molecular flexibility index (Phi) is 6.08. The van der Waals surface area contributed by atoms with Crippen molar-refractivity contribution in [3.8, 4) is 5.75 Å². The minimum atomic E-state index is -0.123. The zero-order chi connectivity index (χ0) is 21.9. The molecule has 1 aromatic heterocycles. The van der Waals surface area contributed by atoms with Gasteiger partial charge < -0.3 is 10.1 Å². The van der Waals surface area contributed by atoms with E-state index in [1.54, 1.807) is 0 Å². The van der Waals surface area contributed by atoms with E-state index in [1.807, 2.05) is 43.5 Å². The maximum absolute atomic E-state index is 12.8. The quantitative estimate of drug-likeness (QED) is 0.509. The van der Waals surface area contributed by atoms with Crippen LogP contribution in [0.4, 0.5) is 5.69 Å². The molecule has 1 saturated heterocycles. The summed E-state index contributed by atoms with van der Waals surface area (Å²) in [5.74, 6) is 1.55. The van der Waals surface area contributed by atoms with Crippen LogP contribution in [0.1, 0.15) is 53.6 Å². The Balaban J connectivity index is 1.24. The molecule has 0 unspecified atom stereocenters. The Morgan fingerprint density at radius 1 is 1.12 bits per heavy atom. The molecule has 2 aliphatic rings. The highest BCUT2D eigenvalue weighted by atomic mass is 16.5. The van der Waals surface area contributed by atoms with Gasteiger partial charge in [0.25, 0.3) is 5.91 Å². The first-order valence-electron chi connectivity index (χ1n) is 11.8. The van der Waals surface area contributed by atoms with E-state index < -0.39 is 0 Å². The number of fused-ring (bicyclic) bond motifs is 1. The zero-order valence-electron chi connectivity index (χ0n) is 18.8. The topological polar surface area (TPSA) is 54.5 Å². The van der Waals surface area contributed by atoms with Crippen LogP contribution in [0, 0.1) is 12.8 Å². The van der Waals surface area contributed by atoms with E-state index in [2.05, 4.69) is 22.3 Å². The summed E-state index contributed by atoms with van der Waals surface area (Å²) < 4.78 is 5.79. The smallest absolute Gasteiger partial charge is 0.255 e. The van der Waals surface area contributed by atoms with Crippen LogP contribution >= 0.6 is 0 Å². The third kappa shape index (κ3) is 4.94. The van der Waals surface area contributed by atoms with Gasteiger partial charge in [0.1, 0.15) is 5.75 Å². The van der Waals surface area contributed by atoms with Crippen molar-refractivity contribution >= 4 is 22.5 Å². The number of carbonyl (C=O) groups is 1. The van der Waals surface area contributed by atoms with Crippen molar-refractivity contribution in [2.24, 2.45) is 5.92 Å². The molecule has 0 bridgehead atoms. The Morgan fingerprint density at radius 3 is 2.66 bits per heavy atom. The lowest BCUT2D eigenvalue weighted by Gasteiger charge is -2.15. The molecule has 0 spiro atoms. The first kappa shape index (κ1) is 21.0. The van der Waals surface area contributed by atoms with Crippen molar-refractivity contribution in [3.63, 3.8) is 0 Å². The Hall–Kier alpha value is -2.92. The third-order valence-electron chi connectivity index (χ3n) is 6.62. The number of carbonyl (C=O) groups excluding carboxylic acids is 1. The lowest BCUT2D eigenvalue weighted by atomic mass is 10.1. The number of hydrogen-bond donors (Lipinski definition) is 1. The normalized spacial score (nSPS) is 16.4. The summed E-state index contributed by atoms with van der Waals surface area (Å²) in [5.41, 5.74) is 4.59. The number of benzene rings is 2. The number of likely N-dealkylation sites (tertiary alicyclic amines) is 1. The number of aromatic nitrogens is 1. The molecule has 1 aliphatic carbocycles. The summed E-state index contributed by atoms with van der Waals surface area (Å²) >= 11 is 0. The van der Waals surface area contributed by atoms with Gasteiger partial charge in [-0.05, 0) is 92.7 Å². The predicted molar refractivity (Wildman–Crippen MR) is 128 cm³/mol. The van der Waals surface area contributed by atoms with Crippen molar-refractivity contribution in [2.75, 3.05) is 25.0 Å². The fourth-order valence-corrected chi connectivity index (χ4v) is 4.46. The number of nitrogens with one attached hydrogen (secondary N) is 1. The lowest BCUT2D eigenvalue weighted by Crippen LogP contribution is -2.18. The molecular weight excluding hydrogens is 398 g/mol. The number of anilines is 1. The van der Waals surface area contributed by atoms with Crippen LogP contribution < -0.4 is 10.1 Å². The molecule has 2 fully saturated rings. The minimum Gasteiger partial charge on any atom is -0.494 e. The van der Waals surface area contributed by atoms with Gasteiger partial charge in [-0.1, -0.05) is 18.9 Å². The van der Waals surface area contributed by atoms with E-state index in [0.717, 1.165) is 53.4 Å². The Labute approximate surface area is 189 Å². The average Bonchev–Trinajstić information content (AvgIpc) is 3.49. The Bertz CT molecular complexity index is 1100. The van der Waals surface area contributed by atoms with E-state index in [1.165, 1.54) is 44.3 Å². The number of amides is 1. The number of rotatable bonds is 8. The molecule has 166 valence electrons. The first-order valence-corrected chi connectivity index (χ1v) is 11.8. The number of hydrogen-bond acceptors (Lipinski definition) is 4. The molecule has 5 heteroatoms. The van der Waals surface area contributed by atoms with Gasteiger partial charge in [-0.25, -0.2) is 0 Å². The van der Waals surface area contributed by atoms with Crippen LogP contribution in [-0.2, 0) is 6.54 Å². The van der Waals surface area contributed by atoms with E-state index >= 15 is 0 Å². The van der Waals surface area contributed by atoms with E-state index in [-0.39, 0.29) is 5.91 Å². The first-order chi connectivity index (χ1) is 15.7. The summed E-state index contributed by atoms with van der Waals surface area (Å²) in [4.78, 5) is 20.0. The second-order valence-electron chi connectivity index (χ2n) is 9.20. The molecule has 1 saturated carbocycles. The SMILES string of the molecule is Cc1c(NC(=O)c2ccc(OCCC3CC3)cc2)ccc2cc(CN3CCCC3)cnc12. The maximum atomic E-state index is 12.8. The molecule has 2 heterocycles. The average molecular weight is 430 g/mol. The second-order valence-corrected chi connectivity index (χ2v) is 9.20. The third-order valence-corrected chi connectivity index (χ3v) is 6.62. The fourth-order valence-electron chi connectivity index (χ4n) is 4.46. The summed E-state index contributed by atoms with van der Waals surface area (Å²) in [6, 6.07) is 13.6. The van der Waals surface area contributed by atoms with Gasteiger partial charge in [0, 0.05) is 29.4 Å². The van der Waals surface area contributed by atoms with Crippen molar-refractivity contribution in [1.29, 1.82) is 0 Å². The highest BCUT2D eigenvalue weighted by Gasteiger charge is 2.20. The standard InChI is InChI=1S/C27H31N3O2/c1-19-25(11-8-23-16-21(17-28-26(19)23)18-30-13-2-3-14-30)29-27(31)22-6-9-24(10-7-22)32-15-12-20-4-5-20/h6-11,16-17,20H,2-5,12-15,18H2,1H3,(H,29,31). The van der Waals surface area contributed by atoms with Gasteiger partial charge >= 0.3 is 0 Å². The van der Waals surface area contributed by atoms with E-state index in [4.69, 9.17) is 9.72 Å². The molecular formula is C27H31N3O2. The molecule has 1 N–H and O–H groups in total. The summed E-state index contributed by atoms with van der Waals surface area (Å²) in [7, 11) is 0. The highest BCUT2D eigenvalue weighted by molar-refractivity contribution is 6.06. The van der Waals surface area contributed by atoms with Gasteiger partial charge in [-0.2, -0.15) is 0 Å². The van der Waals surface area contributed by atoms with Gasteiger partial charge in [0.05, 0.1) is 12.1 Å². The zero-order valence-corrected chi connectivity index (χ0v) is 18.8. The molecule has 32 heavy (non-hydrogen) atoms. The van der Waals surface area contributed by atoms with Gasteiger partial charge in [-0.3, -0.25) is 14.7 Å². The monoisotopic (exact) mass is 429 g/mol. The largest absolute Gasteiger partial charge is 0.494 e. The number of ether oxygens (including phenoxy) is 1. The molecule has 1 aliphatic heterocycles. The molecule has 0 atom stereocenters. The van der Waals surface area contributed by atoms with Gasteiger partial charge in [0.2, 0.25) is 0 Å². The van der Waals surface area contributed by atoms with Crippen LogP contribution in [-0.4, -0.2) is 35.5 Å². The summed E-state index contributed by atoms with van der Waals surface area (Å²) in [6.45, 7) is 6.08. The fraction of sp³-hybridized carbons (Fsp3) is 0.407. The molecule has 5 nitrogen and oxygen atoms in total.